The molecule has 0 aromatic rings. The molecule has 0 saturated heterocycles. The number of allylic oxidation sites excluding steroid dienone is 4. The van der Waals surface area contributed by atoms with Crippen LogP contribution in [0.15, 0.2) is 34.6 Å². The van der Waals surface area contributed by atoms with Gasteiger partial charge in [0.05, 0.1) is 14.1 Å². The zero-order valence-corrected chi connectivity index (χ0v) is 32.2. The van der Waals surface area contributed by atoms with Crippen molar-refractivity contribution in [1.82, 2.24) is 0 Å². The molecule has 0 unspecified atom stereocenters. The Morgan fingerprint density at radius 2 is 0.660 bits per heavy atom. The molecule has 0 amide bonds. The highest BCUT2D eigenvalue weighted by Gasteiger charge is 2.14. The van der Waals surface area contributed by atoms with E-state index >= 15 is 0 Å². The van der Waals surface area contributed by atoms with Crippen LogP contribution in [0.4, 0.5) is 0 Å². The van der Waals surface area contributed by atoms with Gasteiger partial charge in [-0.15, -0.1) is 0 Å². The maximum absolute atomic E-state index is 5.51. The molecule has 0 heterocycles. The molecule has 0 radical (unpaired) electrons. The van der Waals surface area contributed by atoms with Gasteiger partial charge >= 0.3 is 0 Å². The van der Waals surface area contributed by atoms with E-state index in [1.807, 2.05) is 12.4 Å². The van der Waals surface area contributed by atoms with Crippen molar-refractivity contribution in [3.63, 3.8) is 0 Å². The van der Waals surface area contributed by atoms with Crippen molar-refractivity contribution in [2.45, 2.75) is 194 Å². The molecule has 0 rings (SSSR count). The van der Waals surface area contributed by atoms with Crippen LogP contribution in [0.1, 0.15) is 194 Å². The van der Waals surface area contributed by atoms with Crippen molar-refractivity contribution >= 4 is 12.4 Å². The van der Waals surface area contributed by atoms with Crippen LogP contribution >= 0.6 is 0 Å². The van der Waals surface area contributed by atoms with Crippen molar-refractivity contribution < 1.29 is 14.2 Å². The van der Waals surface area contributed by atoms with E-state index in [1.165, 1.54) is 167 Å². The minimum atomic E-state index is 0.634. The number of unbranched alkanes of at least 4 members (excludes halogenated alkanes) is 24. The maximum atomic E-state index is 5.51. The highest BCUT2D eigenvalue weighted by atomic mass is 16.6. The highest BCUT2D eigenvalue weighted by molar-refractivity contribution is 5.56. The van der Waals surface area contributed by atoms with Gasteiger partial charge in [-0.3, -0.25) is 0 Å². The number of hydrogen-bond donors (Lipinski definition) is 0. The van der Waals surface area contributed by atoms with Crippen molar-refractivity contribution in [3.8, 4) is 0 Å². The smallest absolute Gasteiger partial charge is 0.165 e. The Labute approximate surface area is 294 Å². The number of hydrogen-bond acceptors (Lipinski definition) is 4. The van der Waals surface area contributed by atoms with Gasteiger partial charge in [-0.2, -0.15) is 0 Å². The third kappa shape index (κ3) is 40.5. The number of oxime groups is 2. The SMILES string of the molecule is CCCCCCCCC=CCCCCCCCC=NOCC[N+](C)(C)CCON=CCCCCCCCC=CCCCCCCCC. The summed E-state index contributed by atoms with van der Waals surface area (Å²) in [7, 11) is 4.41. The van der Waals surface area contributed by atoms with Crippen LogP contribution in [0.3, 0.4) is 0 Å². The van der Waals surface area contributed by atoms with E-state index in [0.29, 0.717) is 13.2 Å². The predicted molar refractivity (Wildman–Crippen MR) is 210 cm³/mol. The van der Waals surface area contributed by atoms with Gasteiger partial charge in [0.2, 0.25) is 0 Å². The van der Waals surface area contributed by atoms with Crippen molar-refractivity contribution in [1.29, 1.82) is 0 Å². The van der Waals surface area contributed by atoms with Gasteiger partial charge in [-0.25, -0.2) is 0 Å². The fraction of sp³-hybridized carbons (Fsp3) is 0.857. The van der Waals surface area contributed by atoms with Crippen LogP contribution in [0.25, 0.3) is 0 Å². The molecule has 276 valence electrons. The summed E-state index contributed by atoms with van der Waals surface area (Å²) in [5, 5.41) is 8.33. The molecule has 5 heteroatoms. The van der Waals surface area contributed by atoms with E-state index in [2.05, 4.69) is 62.6 Å². The molecule has 0 aliphatic carbocycles. The van der Waals surface area contributed by atoms with Gasteiger partial charge in [-0.1, -0.05) is 151 Å². The molecule has 0 aromatic carbocycles. The topological polar surface area (TPSA) is 43.2 Å². The molecule has 47 heavy (non-hydrogen) atoms. The summed E-state index contributed by atoms with van der Waals surface area (Å²) in [5.74, 6) is 0. The summed E-state index contributed by atoms with van der Waals surface area (Å²) in [5.41, 5.74) is 0. The first-order chi connectivity index (χ1) is 23.1. The Morgan fingerprint density at radius 3 is 0.979 bits per heavy atom. The third-order valence-corrected chi connectivity index (χ3v) is 9.06. The lowest BCUT2D eigenvalue weighted by atomic mass is 10.1. The summed E-state index contributed by atoms with van der Waals surface area (Å²) < 4.78 is 0.841. The van der Waals surface area contributed by atoms with Crippen LogP contribution in [0, 0.1) is 0 Å². The van der Waals surface area contributed by atoms with Gasteiger partial charge in [-0.05, 0) is 77.0 Å². The Morgan fingerprint density at radius 1 is 0.383 bits per heavy atom. The Balaban J connectivity index is 3.43. The normalized spacial score (nSPS) is 12.5. The van der Waals surface area contributed by atoms with Gasteiger partial charge in [0, 0.05) is 12.4 Å². The predicted octanol–water partition coefficient (Wildman–Crippen LogP) is 13.1. The molecule has 0 aromatic heterocycles. The maximum Gasteiger partial charge on any atom is 0.165 e. The van der Waals surface area contributed by atoms with Crippen molar-refractivity contribution in [3.05, 3.63) is 24.3 Å². The van der Waals surface area contributed by atoms with E-state index in [1.54, 1.807) is 0 Å². The first-order valence-electron chi connectivity index (χ1n) is 20.5. The van der Waals surface area contributed by atoms with Gasteiger partial charge in [0.25, 0.3) is 0 Å². The second-order valence-corrected chi connectivity index (χ2v) is 14.4. The lowest BCUT2D eigenvalue weighted by Gasteiger charge is -2.28. The average molecular weight is 661 g/mol. The standard InChI is InChI=1S/C42H82N3O2/c1-5-7-9-11-13-15-17-19-21-23-25-27-29-31-33-35-37-43-46-41-39-45(3,4)40-42-47-44-38-36-34-32-30-28-26-24-22-20-18-16-14-12-10-8-6-2/h19-22,37-38H,5-18,23-36,39-42H2,1-4H3/q+1. The molecule has 0 N–H and O–H groups in total. The highest BCUT2D eigenvalue weighted by Crippen LogP contribution is 2.11. The van der Waals surface area contributed by atoms with Gasteiger partial charge in [0.1, 0.15) is 13.1 Å². The van der Waals surface area contributed by atoms with Crippen molar-refractivity contribution in [2.24, 2.45) is 10.3 Å². The van der Waals surface area contributed by atoms with E-state index in [9.17, 15) is 0 Å². The molecule has 5 nitrogen and oxygen atoms in total. The largest absolute Gasteiger partial charge is 0.390 e. The summed E-state index contributed by atoms with van der Waals surface area (Å²) in [4.78, 5) is 11.0. The van der Waals surface area contributed by atoms with E-state index in [4.69, 9.17) is 9.68 Å². The molecule has 0 saturated carbocycles. The average Bonchev–Trinajstić information content (AvgIpc) is 3.06. The summed E-state index contributed by atoms with van der Waals surface area (Å²) in [6.07, 6.45) is 50.2. The number of nitrogens with zero attached hydrogens (tertiary/aromatic N) is 3. The third-order valence-electron chi connectivity index (χ3n) is 9.06. The second-order valence-electron chi connectivity index (χ2n) is 14.4. The Bertz CT molecular complexity index is 659. The quantitative estimate of drug-likeness (QED) is 0.0217. The molecule has 0 aliphatic heterocycles. The number of likely N-dealkylation sites (N-methyl/N-ethyl adjacent to an activating group) is 1. The lowest BCUT2D eigenvalue weighted by molar-refractivity contribution is -0.891. The first-order valence-corrected chi connectivity index (χ1v) is 20.5. The Hall–Kier alpha value is -1.62. The molecular weight excluding hydrogens is 578 g/mol. The summed E-state index contributed by atoms with van der Waals surface area (Å²) in [6, 6.07) is 0. The first kappa shape index (κ1) is 45.4. The number of rotatable bonds is 38. The van der Waals surface area contributed by atoms with Gasteiger partial charge in [0.15, 0.2) is 13.2 Å². The summed E-state index contributed by atoms with van der Waals surface area (Å²) >= 11 is 0. The minimum Gasteiger partial charge on any atom is -0.390 e. The zero-order chi connectivity index (χ0) is 34.2. The number of quaternary nitrogens is 1. The van der Waals surface area contributed by atoms with Crippen LogP contribution in [0.2, 0.25) is 0 Å². The fourth-order valence-corrected chi connectivity index (χ4v) is 5.62. The Kier molecular flexibility index (Phi) is 37.5. The minimum absolute atomic E-state index is 0.634. The van der Waals surface area contributed by atoms with Crippen LogP contribution in [0.5, 0.6) is 0 Å². The fourth-order valence-electron chi connectivity index (χ4n) is 5.62. The molecule has 0 bridgehead atoms. The van der Waals surface area contributed by atoms with Gasteiger partial charge < -0.3 is 14.2 Å². The van der Waals surface area contributed by atoms with Crippen LogP contribution < -0.4 is 0 Å². The van der Waals surface area contributed by atoms with Crippen LogP contribution in [-0.2, 0) is 9.68 Å². The summed E-state index contributed by atoms with van der Waals surface area (Å²) in [6.45, 7) is 7.65. The van der Waals surface area contributed by atoms with E-state index in [0.717, 1.165) is 30.4 Å². The molecule has 0 fully saturated rings. The second kappa shape index (κ2) is 38.8. The lowest BCUT2D eigenvalue weighted by Crippen LogP contribution is -2.44. The molecular formula is C42H82N3O2+. The molecule has 0 aliphatic rings. The van der Waals surface area contributed by atoms with Crippen molar-refractivity contribution in [2.75, 3.05) is 40.4 Å². The molecule has 0 spiro atoms. The zero-order valence-electron chi connectivity index (χ0n) is 32.2. The monoisotopic (exact) mass is 661 g/mol. The van der Waals surface area contributed by atoms with E-state index < -0.39 is 0 Å². The van der Waals surface area contributed by atoms with Crippen LogP contribution in [-0.4, -0.2) is 57.3 Å². The van der Waals surface area contributed by atoms with E-state index in [-0.39, 0.29) is 0 Å². The molecule has 0 atom stereocenters.